The summed E-state index contributed by atoms with van der Waals surface area (Å²) < 4.78 is 0. The van der Waals surface area contributed by atoms with Crippen LogP contribution in [-0.4, -0.2) is 40.1 Å². The zero-order valence-corrected chi connectivity index (χ0v) is 74.1. The molecule has 0 N–H and O–H groups in total. The maximum absolute atomic E-state index is 12.0. The van der Waals surface area contributed by atoms with Crippen molar-refractivity contribution in [3.63, 3.8) is 0 Å². The van der Waals surface area contributed by atoms with Gasteiger partial charge in [0, 0.05) is 78.6 Å². The molecule has 12 unspecified atom stereocenters. The van der Waals surface area contributed by atoms with Crippen LogP contribution in [0.1, 0.15) is 334 Å². The van der Waals surface area contributed by atoms with E-state index in [1.807, 2.05) is 27.7 Å². The molecule has 6 fully saturated rings. The van der Waals surface area contributed by atoms with E-state index in [-0.39, 0.29) is 19.3 Å². The minimum atomic E-state index is 0. The van der Waals surface area contributed by atoms with Crippen molar-refractivity contribution in [2.45, 2.75) is 315 Å². The molecular formula is C104H159N5O2. The Labute approximate surface area is 680 Å². The van der Waals surface area contributed by atoms with Crippen LogP contribution in [0.2, 0.25) is 0 Å². The number of rotatable bonds is 14. The number of aliphatic imine (C=N–C) groups is 3. The number of benzene rings is 4. The van der Waals surface area contributed by atoms with Crippen molar-refractivity contribution in [3.8, 4) is 0 Å². The number of allylic oxidation sites excluding steroid dienone is 3. The molecule has 0 radical (unpaired) electrons. The molecule has 4 aromatic rings. The third kappa shape index (κ3) is 28.6. The summed E-state index contributed by atoms with van der Waals surface area (Å²) in [5.74, 6) is 14.2. The molecule has 111 heavy (non-hydrogen) atoms. The molecule has 4 bridgehead atoms. The van der Waals surface area contributed by atoms with Crippen LogP contribution in [0.3, 0.4) is 0 Å². The third-order valence-electron chi connectivity index (χ3n) is 23.7. The van der Waals surface area contributed by atoms with Gasteiger partial charge in [0.15, 0.2) is 0 Å². The van der Waals surface area contributed by atoms with Gasteiger partial charge < -0.3 is 0 Å². The molecule has 6 aliphatic carbocycles. The Bertz CT molecular complexity index is 3690. The number of Topliss-reactive ketones (excluding diaryl/α,β-unsaturated/α-hetero) is 2. The van der Waals surface area contributed by atoms with Crippen molar-refractivity contribution in [3.05, 3.63) is 177 Å². The summed E-state index contributed by atoms with van der Waals surface area (Å²) in [6.07, 6.45) is 34.3. The molecule has 0 aromatic heterocycles. The fourth-order valence-electron chi connectivity index (χ4n) is 18.7. The smallest absolute Gasteiger partial charge is 0.139 e. The van der Waals surface area contributed by atoms with E-state index in [0.717, 1.165) is 82.6 Å². The SMILES string of the molecule is C.CC(C)C.CC(C)C.CC(C)C.CC(C)C.CC1=CN=C(c2ccc(CC(=O)C(C)C)cc2)C2CCCCCCC12.CC1=CN=C(c2ccc(CC(C)C)cc2)C2C3CCC(C3)C12.CC1=CN=C(c2ccc(CC(C)C)cc2)C2CCCCCCC12.CC1=NN=C(c2ccc(CC(=O)C(C)C)cc2)C2C3CCC(C3)C12. The van der Waals surface area contributed by atoms with Gasteiger partial charge in [-0.25, -0.2) is 0 Å². The minimum Gasteiger partial charge on any atom is -0.299 e. The van der Waals surface area contributed by atoms with E-state index < -0.39 is 0 Å². The van der Waals surface area contributed by atoms with E-state index in [1.54, 1.807) is 0 Å². The number of fused-ring (bicyclic) bond motifs is 12. The summed E-state index contributed by atoms with van der Waals surface area (Å²) in [5, 5.41) is 9.09. The van der Waals surface area contributed by atoms with E-state index in [0.29, 0.717) is 65.8 Å². The zero-order valence-electron chi connectivity index (χ0n) is 74.1. The third-order valence-corrected chi connectivity index (χ3v) is 23.7. The zero-order chi connectivity index (χ0) is 80.5. The Hall–Kier alpha value is -6.21. The first-order chi connectivity index (χ1) is 52.3. The second-order valence-electron chi connectivity index (χ2n) is 39.1. The van der Waals surface area contributed by atoms with Gasteiger partial charge >= 0.3 is 0 Å². The van der Waals surface area contributed by atoms with E-state index in [2.05, 4.69) is 264 Å². The highest BCUT2D eigenvalue weighted by Crippen LogP contribution is 2.58. The van der Waals surface area contributed by atoms with Gasteiger partial charge in [0.25, 0.3) is 0 Å². The fourth-order valence-corrected chi connectivity index (χ4v) is 18.7. The maximum Gasteiger partial charge on any atom is 0.139 e. The highest BCUT2D eigenvalue weighted by molar-refractivity contribution is 6.08. The number of hydrogen-bond acceptors (Lipinski definition) is 7. The van der Waals surface area contributed by atoms with E-state index in [4.69, 9.17) is 15.0 Å². The van der Waals surface area contributed by atoms with Crippen LogP contribution in [0.5, 0.6) is 0 Å². The first-order valence-corrected chi connectivity index (χ1v) is 44.6. The molecule has 7 heteroatoms. The molecule has 612 valence electrons. The number of ketones is 2. The van der Waals surface area contributed by atoms with Gasteiger partial charge in [0.2, 0.25) is 0 Å². The molecule has 12 atom stereocenters. The summed E-state index contributed by atoms with van der Waals surface area (Å²) in [7, 11) is 0. The highest BCUT2D eigenvalue weighted by Gasteiger charge is 2.53. The number of hydrogen-bond donors (Lipinski definition) is 0. The van der Waals surface area contributed by atoms with E-state index >= 15 is 0 Å². The summed E-state index contributed by atoms with van der Waals surface area (Å²) in [4.78, 5) is 38.5. The normalized spacial score (nSPS) is 25.2. The predicted molar refractivity (Wildman–Crippen MR) is 484 cm³/mol. The maximum atomic E-state index is 12.0. The van der Waals surface area contributed by atoms with Crippen LogP contribution in [0, 0.1) is 118 Å². The Balaban J connectivity index is 0.000000216. The van der Waals surface area contributed by atoms with Crippen LogP contribution >= 0.6 is 0 Å². The molecule has 10 aliphatic rings. The number of carbonyl (C=O) groups excluding carboxylic acids is 2. The summed E-state index contributed by atoms with van der Waals surface area (Å²) in [6, 6.07) is 35.5. The quantitative estimate of drug-likeness (QED) is 0.126. The molecule has 0 spiro atoms. The van der Waals surface area contributed by atoms with E-state index in [1.165, 1.54) is 201 Å². The van der Waals surface area contributed by atoms with Gasteiger partial charge in [-0.2, -0.15) is 10.2 Å². The fraction of sp³-hybridized carbons (Fsp3) is 0.644. The molecule has 0 saturated heterocycles. The molecular weight excluding hydrogens is 1350 g/mol. The Morgan fingerprint density at radius 1 is 0.315 bits per heavy atom. The largest absolute Gasteiger partial charge is 0.299 e. The van der Waals surface area contributed by atoms with Crippen LogP contribution in [-0.2, 0) is 35.3 Å². The summed E-state index contributed by atoms with van der Waals surface area (Å²) >= 11 is 0. The van der Waals surface area contributed by atoms with E-state index in [9.17, 15) is 9.59 Å². The molecule has 4 aromatic carbocycles. The number of nitrogens with zero attached hydrogens (tertiary/aromatic N) is 5. The standard InChI is InChI=1S/C23H31NO.C22H31N.C21H26N2O.C21H27N.4C4H10.CH4/c1-16(2)22(25)14-18-10-12-19(13-11-18)23-21-9-7-5-4-6-8-20(21)17(3)15-24-23;1-16(2)14-18-10-12-19(13-11-18)22-21-9-7-5-4-6-8-20(21)17(3)15-23-22;1-12(2)18(24)10-14-4-6-15(7-5-14)21-20-17-9-8-16(11-17)19(20)13(3)22-23-21;1-13(2)10-15-4-6-16(7-5-15)21-20-18-9-8-17(11-18)19(20)14(3)12-22-21;4*1-4(2)3;/h10-13,15-16,20-21H,4-9,14H2,1-3H3;10-13,15-16,20-21H,4-9,14H2,1-3H3;4-7,12,16-17,19-20H,8-11H2,1-3H3;4-7,12-13,17-20H,8-11H2,1-3H3;4*4H,1-3H3;1H4. The Morgan fingerprint density at radius 2 is 0.595 bits per heavy atom. The predicted octanol–water partition coefficient (Wildman–Crippen LogP) is 28.8. The van der Waals surface area contributed by atoms with Crippen LogP contribution < -0.4 is 0 Å². The van der Waals surface area contributed by atoms with Crippen molar-refractivity contribution < 1.29 is 9.59 Å². The minimum absolute atomic E-state index is 0. The molecule has 4 heterocycles. The second-order valence-corrected chi connectivity index (χ2v) is 39.1. The van der Waals surface area contributed by atoms with Crippen LogP contribution in [0.4, 0.5) is 0 Å². The van der Waals surface area contributed by atoms with Crippen molar-refractivity contribution >= 4 is 40.1 Å². The van der Waals surface area contributed by atoms with Crippen molar-refractivity contribution in [2.24, 2.45) is 144 Å². The lowest BCUT2D eigenvalue weighted by Gasteiger charge is -2.35. The summed E-state index contributed by atoms with van der Waals surface area (Å²) in [5.41, 5.74) is 21.1. The monoisotopic (exact) mass is 1510 g/mol. The topological polar surface area (TPSA) is 95.9 Å². The highest BCUT2D eigenvalue weighted by atomic mass is 16.1. The first kappa shape index (κ1) is 93.6. The summed E-state index contributed by atoms with van der Waals surface area (Å²) in [6.45, 7) is 52.0. The van der Waals surface area contributed by atoms with Gasteiger partial charge in [-0.05, 0) is 226 Å². The second kappa shape index (κ2) is 46.4. The lowest BCUT2D eigenvalue weighted by molar-refractivity contribution is -0.122. The molecule has 4 aliphatic heterocycles. The van der Waals surface area contributed by atoms with Gasteiger partial charge in [-0.3, -0.25) is 24.6 Å². The Morgan fingerprint density at radius 3 is 0.937 bits per heavy atom. The Kier molecular flexibility index (Phi) is 39.1. The van der Waals surface area contributed by atoms with Gasteiger partial charge in [0.05, 0.1) is 22.8 Å². The van der Waals surface area contributed by atoms with Gasteiger partial charge in [-0.15, -0.1) is 0 Å². The molecule has 6 saturated carbocycles. The van der Waals surface area contributed by atoms with Crippen molar-refractivity contribution in [1.29, 1.82) is 0 Å². The molecule has 7 nitrogen and oxygen atoms in total. The number of carbonyl (C=O) groups is 2. The molecule has 14 rings (SSSR count). The lowest BCUT2D eigenvalue weighted by Crippen LogP contribution is -2.36. The van der Waals surface area contributed by atoms with Crippen molar-refractivity contribution in [2.75, 3.05) is 0 Å². The average Bonchev–Trinajstić information content (AvgIpc) is 1.60. The lowest BCUT2D eigenvalue weighted by atomic mass is 9.71. The van der Waals surface area contributed by atoms with Gasteiger partial charge in [-0.1, -0.05) is 311 Å². The van der Waals surface area contributed by atoms with Gasteiger partial charge in [0.1, 0.15) is 11.6 Å². The molecule has 0 amide bonds. The van der Waals surface area contributed by atoms with Crippen LogP contribution in [0.15, 0.2) is 158 Å². The van der Waals surface area contributed by atoms with Crippen LogP contribution in [0.25, 0.3) is 0 Å². The first-order valence-electron chi connectivity index (χ1n) is 44.6. The average molecular weight is 1510 g/mol. The van der Waals surface area contributed by atoms with Crippen molar-refractivity contribution in [1.82, 2.24) is 0 Å².